The third-order valence-electron chi connectivity index (χ3n) is 6.84. The molecule has 3 aromatic rings. The van der Waals surface area contributed by atoms with Gasteiger partial charge in [-0.3, -0.25) is 13.9 Å². The Kier molecular flexibility index (Phi) is 4.43. The Morgan fingerprint density at radius 2 is 2.03 bits per heavy atom. The first-order valence-corrected chi connectivity index (χ1v) is 11.5. The first-order valence-electron chi connectivity index (χ1n) is 11.5. The molecule has 0 radical (unpaired) electrons. The Morgan fingerprint density at radius 1 is 1.16 bits per heavy atom. The lowest BCUT2D eigenvalue weighted by atomic mass is 10.0. The maximum atomic E-state index is 12.4. The zero-order valence-electron chi connectivity index (χ0n) is 17.9. The summed E-state index contributed by atoms with van der Waals surface area (Å²) in [5.41, 5.74) is 4.07. The van der Waals surface area contributed by atoms with E-state index >= 15 is 0 Å². The third kappa shape index (κ3) is 3.18. The largest absolute Gasteiger partial charge is 0.364 e. The van der Waals surface area contributed by atoms with Gasteiger partial charge in [0.25, 0.3) is 0 Å². The predicted octanol–water partition coefficient (Wildman–Crippen LogP) is 2.33. The van der Waals surface area contributed by atoms with E-state index in [4.69, 9.17) is 4.98 Å². The normalized spacial score (nSPS) is 20.9. The van der Waals surface area contributed by atoms with Crippen LogP contribution in [0.25, 0.3) is 17.1 Å². The first-order chi connectivity index (χ1) is 15.2. The SMILES string of the molecule is CCn1c(-n2cnc3c2CCCC3)nc2c(N[C@H]3CCN(C(=O)C4CC4)C3)ncnc21. The van der Waals surface area contributed by atoms with Gasteiger partial charge in [0.05, 0.1) is 5.69 Å². The number of imidazole rings is 2. The van der Waals surface area contributed by atoms with E-state index in [1.54, 1.807) is 6.33 Å². The number of nitrogens with one attached hydrogen (secondary N) is 1. The van der Waals surface area contributed by atoms with Crippen molar-refractivity contribution < 1.29 is 4.79 Å². The molecule has 2 fully saturated rings. The average molecular weight is 421 g/mol. The van der Waals surface area contributed by atoms with Gasteiger partial charge in [0, 0.05) is 37.3 Å². The molecule has 4 heterocycles. The third-order valence-corrected chi connectivity index (χ3v) is 6.84. The van der Waals surface area contributed by atoms with Crippen LogP contribution in [-0.2, 0) is 24.2 Å². The van der Waals surface area contributed by atoms with Crippen LogP contribution in [0.5, 0.6) is 0 Å². The molecule has 31 heavy (non-hydrogen) atoms. The molecule has 9 heteroatoms. The zero-order chi connectivity index (χ0) is 20.9. The second kappa shape index (κ2) is 7.32. The highest BCUT2D eigenvalue weighted by Crippen LogP contribution is 2.33. The van der Waals surface area contributed by atoms with Gasteiger partial charge in [-0.2, -0.15) is 0 Å². The van der Waals surface area contributed by atoms with E-state index in [1.165, 1.54) is 24.2 Å². The van der Waals surface area contributed by atoms with Gasteiger partial charge in [0.2, 0.25) is 11.9 Å². The summed E-state index contributed by atoms with van der Waals surface area (Å²) >= 11 is 0. The lowest BCUT2D eigenvalue weighted by molar-refractivity contribution is -0.131. The van der Waals surface area contributed by atoms with E-state index in [9.17, 15) is 4.79 Å². The molecule has 0 spiro atoms. The second-order valence-electron chi connectivity index (χ2n) is 8.95. The van der Waals surface area contributed by atoms with Crippen molar-refractivity contribution >= 4 is 22.9 Å². The lowest BCUT2D eigenvalue weighted by Gasteiger charge is -2.17. The summed E-state index contributed by atoms with van der Waals surface area (Å²) in [5, 5.41) is 3.55. The summed E-state index contributed by atoms with van der Waals surface area (Å²) in [6.07, 6.45) is 11.0. The first kappa shape index (κ1) is 18.8. The molecule has 0 unspecified atom stereocenters. The van der Waals surface area contributed by atoms with E-state index in [0.717, 1.165) is 74.7 Å². The lowest BCUT2D eigenvalue weighted by Crippen LogP contribution is -2.32. The van der Waals surface area contributed by atoms with Gasteiger partial charge in [-0.1, -0.05) is 0 Å². The molecule has 162 valence electrons. The maximum Gasteiger partial charge on any atom is 0.225 e. The number of hydrogen-bond acceptors (Lipinski definition) is 6. The quantitative estimate of drug-likeness (QED) is 0.681. The highest BCUT2D eigenvalue weighted by Gasteiger charge is 2.36. The van der Waals surface area contributed by atoms with Crippen LogP contribution in [0.3, 0.4) is 0 Å². The van der Waals surface area contributed by atoms with Crippen molar-refractivity contribution in [2.75, 3.05) is 18.4 Å². The van der Waals surface area contributed by atoms with Crippen LogP contribution in [0.4, 0.5) is 5.82 Å². The molecule has 1 N–H and O–H groups in total. The molecule has 1 atom stereocenters. The Bertz CT molecular complexity index is 1140. The van der Waals surface area contributed by atoms with Crippen LogP contribution in [-0.4, -0.2) is 59.0 Å². The van der Waals surface area contributed by atoms with E-state index in [-0.39, 0.29) is 12.0 Å². The Labute approximate surface area is 180 Å². The molecule has 3 aromatic heterocycles. The molecule has 0 bridgehead atoms. The molecule has 1 amide bonds. The van der Waals surface area contributed by atoms with E-state index in [1.807, 2.05) is 11.2 Å². The number of anilines is 1. The maximum absolute atomic E-state index is 12.4. The minimum atomic E-state index is 0.192. The number of carbonyl (C=O) groups is 1. The molecular weight excluding hydrogens is 392 g/mol. The Morgan fingerprint density at radius 3 is 2.87 bits per heavy atom. The Hall–Kier alpha value is -2.97. The van der Waals surface area contributed by atoms with Gasteiger partial charge in [0.1, 0.15) is 12.7 Å². The minimum absolute atomic E-state index is 0.192. The van der Waals surface area contributed by atoms with Crippen molar-refractivity contribution in [2.45, 2.75) is 64.5 Å². The van der Waals surface area contributed by atoms with Crippen molar-refractivity contribution in [1.82, 2.24) is 34.0 Å². The van der Waals surface area contributed by atoms with Crippen molar-refractivity contribution in [3.05, 3.63) is 24.0 Å². The molecule has 3 aliphatic rings. The van der Waals surface area contributed by atoms with Crippen LogP contribution in [0.15, 0.2) is 12.7 Å². The van der Waals surface area contributed by atoms with Gasteiger partial charge < -0.3 is 10.2 Å². The van der Waals surface area contributed by atoms with E-state index in [0.29, 0.717) is 5.91 Å². The van der Waals surface area contributed by atoms with Crippen molar-refractivity contribution in [3.8, 4) is 5.95 Å². The van der Waals surface area contributed by atoms with Crippen molar-refractivity contribution in [2.24, 2.45) is 5.92 Å². The zero-order valence-corrected chi connectivity index (χ0v) is 17.9. The molecule has 1 saturated carbocycles. The van der Waals surface area contributed by atoms with Gasteiger partial charge in [0.15, 0.2) is 17.0 Å². The summed E-state index contributed by atoms with van der Waals surface area (Å²) in [4.78, 5) is 33.1. The van der Waals surface area contributed by atoms with Gasteiger partial charge in [-0.05, 0) is 51.9 Å². The minimum Gasteiger partial charge on any atom is -0.364 e. The fraction of sp³-hybridized carbons (Fsp3) is 0.591. The number of hydrogen-bond donors (Lipinski definition) is 1. The number of rotatable bonds is 5. The molecule has 1 aliphatic heterocycles. The molecule has 2 aliphatic carbocycles. The summed E-state index contributed by atoms with van der Waals surface area (Å²) < 4.78 is 4.27. The molecular formula is C22H28N8O. The summed E-state index contributed by atoms with van der Waals surface area (Å²) in [6, 6.07) is 0.192. The van der Waals surface area contributed by atoms with Crippen molar-refractivity contribution in [1.29, 1.82) is 0 Å². The topological polar surface area (TPSA) is 93.8 Å². The summed E-state index contributed by atoms with van der Waals surface area (Å²) in [7, 11) is 0. The molecule has 6 rings (SSSR count). The number of likely N-dealkylation sites (tertiary alicyclic amines) is 1. The monoisotopic (exact) mass is 420 g/mol. The Balaban J connectivity index is 1.32. The van der Waals surface area contributed by atoms with Crippen LogP contribution in [0, 0.1) is 5.92 Å². The molecule has 9 nitrogen and oxygen atoms in total. The van der Waals surface area contributed by atoms with Crippen LogP contribution in [0.1, 0.15) is 50.4 Å². The molecule has 1 saturated heterocycles. The van der Waals surface area contributed by atoms with Crippen molar-refractivity contribution in [3.63, 3.8) is 0 Å². The van der Waals surface area contributed by atoms with E-state index < -0.39 is 0 Å². The average Bonchev–Trinajstić information content (AvgIpc) is 3.22. The number of aromatic nitrogens is 6. The highest BCUT2D eigenvalue weighted by molar-refractivity contribution is 5.85. The van der Waals surface area contributed by atoms with Gasteiger partial charge in [-0.25, -0.2) is 19.9 Å². The predicted molar refractivity (Wildman–Crippen MR) is 116 cm³/mol. The number of carbonyl (C=O) groups excluding carboxylic acids is 1. The fourth-order valence-electron chi connectivity index (χ4n) is 5.01. The summed E-state index contributed by atoms with van der Waals surface area (Å²) in [6.45, 7) is 4.43. The smallest absolute Gasteiger partial charge is 0.225 e. The number of aryl methyl sites for hydroxylation is 2. The second-order valence-corrected chi connectivity index (χ2v) is 8.95. The number of fused-ring (bicyclic) bond motifs is 2. The van der Waals surface area contributed by atoms with Gasteiger partial charge in [-0.15, -0.1) is 0 Å². The number of amides is 1. The number of nitrogens with zero attached hydrogens (tertiary/aromatic N) is 7. The molecule has 0 aromatic carbocycles. The van der Waals surface area contributed by atoms with Crippen LogP contribution < -0.4 is 5.32 Å². The highest BCUT2D eigenvalue weighted by atomic mass is 16.2. The van der Waals surface area contributed by atoms with Gasteiger partial charge >= 0.3 is 0 Å². The standard InChI is InChI=1S/C22H28N8O/c1-2-29-20-18(27-22(29)30-13-25-16-5-3-4-6-17(16)30)19(23-12-24-20)26-15-9-10-28(11-15)21(31)14-7-8-14/h12-15H,2-11H2,1H3,(H,23,24,26)/t15-/m0/s1. The van der Waals surface area contributed by atoms with E-state index in [2.05, 4.69) is 36.3 Å². The van der Waals surface area contributed by atoms with Crippen LogP contribution in [0.2, 0.25) is 0 Å². The fourth-order valence-corrected chi connectivity index (χ4v) is 5.01. The summed E-state index contributed by atoms with van der Waals surface area (Å²) in [5.74, 6) is 2.19. The van der Waals surface area contributed by atoms with Crippen LogP contribution >= 0.6 is 0 Å².